The summed E-state index contributed by atoms with van der Waals surface area (Å²) in [6.07, 6.45) is 3.23. The molecule has 0 saturated carbocycles. The van der Waals surface area contributed by atoms with E-state index in [1.54, 1.807) is 0 Å². The number of anilines is 1. The van der Waals surface area contributed by atoms with Crippen LogP contribution in [0.25, 0.3) is 0 Å². The SMILES string of the molecule is CC(C)(C)c1ccccc1NC(=O)[C@H]1CCCCN1.Cl. The zero-order chi connectivity index (χ0) is 13.9. The number of halogens is 1. The molecule has 2 rings (SSSR count). The van der Waals surface area contributed by atoms with Crippen LogP contribution in [-0.2, 0) is 10.2 Å². The van der Waals surface area contributed by atoms with Crippen LogP contribution in [0.5, 0.6) is 0 Å². The Morgan fingerprint density at radius 3 is 2.55 bits per heavy atom. The second-order valence-corrected chi connectivity index (χ2v) is 6.29. The zero-order valence-electron chi connectivity index (χ0n) is 12.5. The summed E-state index contributed by atoms with van der Waals surface area (Å²) in [6.45, 7) is 7.43. The standard InChI is InChI=1S/C16H24N2O.ClH/c1-16(2,3)12-8-4-5-9-13(12)18-15(19)14-10-6-7-11-17-14;/h4-5,8-9,14,17H,6-7,10-11H2,1-3H3,(H,18,19);1H/t14-;/m1./s1. The number of carbonyl (C=O) groups is 1. The third-order valence-corrected chi connectivity index (χ3v) is 3.62. The van der Waals surface area contributed by atoms with Crippen LogP contribution >= 0.6 is 12.4 Å². The summed E-state index contributed by atoms with van der Waals surface area (Å²) in [7, 11) is 0. The molecule has 4 heteroatoms. The van der Waals surface area contributed by atoms with Crippen LogP contribution < -0.4 is 10.6 Å². The average molecular weight is 297 g/mol. The van der Waals surface area contributed by atoms with Gasteiger partial charge in [-0.25, -0.2) is 0 Å². The summed E-state index contributed by atoms with van der Waals surface area (Å²) in [6, 6.07) is 8.03. The average Bonchev–Trinajstić information content (AvgIpc) is 2.39. The van der Waals surface area contributed by atoms with Gasteiger partial charge in [0, 0.05) is 5.69 Å². The monoisotopic (exact) mass is 296 g/mol. The Hall–Kier alpha value is -1.06. The summed E-state index contributed by atoms with van der Waals surface area (Å²) in [5, 5.41) is 6.37. The summed E-state index contributed by atoms with van der Waals surface area (Å²) in [5.74, 6) is 0.0939. The third kappa shape index (κ3) is 4.22. The van der Waals surface area contributed by atoms with Gasteiger partial charge in [0.1, 0.15) is 0 Å². The lowest BCUT2D eigenvalue weighted by atomic mass is 9.85. The van der Waals surface area contributed by atoms with Gasteiger partial charge in [-0.3, -0.25) is 4.79 Å². The van der Waals surface area contributed by atoms with Crippen molar-refractivity contribution in [3.63, 3.8) is 0 Å². The van der Waals surface area contributed by atoms with Crippen molar-refractivity contribution in [1.82, 2.24) is 5.32 Å². The third-order valence-electron chi connectivity index (χ3n) is 3.62. The molecule has 0 unspecified atom stereocenters. The van der Waals surface area contributed by atoms with Gasteiger partial charge in [0.25, 0.3) is 0 Å². The fourth-order valence-corrected chi connectivity index (χ4v) is 2.54. The highest BCUT2D eigenvalue weighted by atomic mass is 35.5. The molecule has 1 heterocycles. The van der Waals surface area contributed by atoms with E-state index in [1.807, 2.05) is 18.2 Å². The van der Waals surface area contributed by atoms with Gasteiger partial charge < -0.3 is 10.6 Å². The predicted molar refractivity (Wildman–Crippen MR) is 86.7 cm³/mol. The topological polar surface area (TPSA) is 41.1 Å². The first-order valence-electron chi connectivity index (χ1n) is 7.12. The minimum absolute atomic E-state index is 0. The van der Waals surface area contributed by atoms with E-state index in [0.29, 0.717) is 0 Å². The molecule has 0 spiro atoms. The molecule has 1 aromatic rings. The summed E-state index contributed by atoms with van der Waals surface area (Å²) < 4.78 is 0. The Bertz CT molecular complexity index is 448. The first-order valence-corrected chi connectivity index (χ1v) is 7.12. The van der Waals surface area contributed by atoms with Crippen molar-refractivity contribution in [3.8, 4) is 0 Å². The summed E-state index contributed by atoms with van der Waals surface area (Å²) >= 11 is 0. The van der Waals surface area contributed by atoms with Gasteiger partial charge in [-0.2, -0.15) is 0 Å². The molecule has 1 atom stereocenters. The molecule has 1 saturated heterocycles. The molecule has 1 aliphatic heterocycles. The zero-order valence-corrected chi connectivity index (χ0v) is 13.3. The Balaban J connectivity index is 0.00000200. The molecular formula is C16H25ClN2O. The van der Waals surface area contributed by atoms with E-state index in [1.165, 1.54) is 12.0 Å². The number of amides is 1. The van der Waals surface area contributed by atoms with Gasteiger partial charge in [-0.15, -0.1) is 12.4 Å². The highest BCUT2D eigenvalue weighted by Crippen LogP contribution is 2.29. The lowest BCUT2D eigenvalue weighted by Gasteiger charge is -2.26. The van der Waals surface area contributed by atoms with E-state index in [9.17, 15) is 4.79 Å². The Morgan fingerprint density at radius 1 is 1.25 bits per heavy atom. The van der Waals surface area contributed by atoms with Crippen molar-refractivity contribution in [2.75, 3.05) is 11.9 Å². The van der Waals surface area contributed by atoms with Gasteiger partial charge in [0.2, 0.25) is 5.91 Å². The molecule has 0 aliphatic carbocycles. The van der Waals surface area contributed by atoms with E-state index in [2.05, 4.69) is 37.5 Å². The Morgan fingerprint density at radius 2 is 1.95 bits per heavy atom. The van der Waals surface area contributed by atoms with E-state index in [-0.39, 0.29) is 29.8 Å². The number of rotatable bonds is 2. The number of nitrogens with one attached hydrogen (secondary N) is 2. The van der Waals surface area contributed by atoms with Crippen LogP contribution in [0.4, 0.5) is 5.69 Å². The normalized spacial score (nSPS) is 19.1. The van der Waals surface area contributed by atoms with Crippen molar-refractivity contribution in [3.05, 3.63) is 29.8 Å². The maximum absolute atomic E-state index is 12.3. The highest BCUT2D eigenvalue weighted by molar-refractivity contribution is 5.95. The molecule has 20 heavy (non-hydrogen) atoms. The summed E-state index contributed by atoms with van der Waals surface area (Å²) in [5.41, 5.74) is 2.15. The van der Waals surface area contributed by atoms with Crippen LogP contribution in [0.15, 0.2) is 24.3 Å². The number of hydrogen-bond acceptors (Lipinski definition) is 2. The van der Waals surface area contributed by atoms with Crippen molar-refractivity contribution >= 4 is 24.0 Å². The van der Waals surface area contributed by atoms with E-state index >= 15 is 0 Å². The van der Waals surface area contributed by atoms with Gasteiger partial charge in [0.15, 0.2) is 0 Å². The number of piperidine rings is 1. The lowest BCUT2D eigenvalue weighted by Crippen LogP contribution is -2.43. The molecule has 0 aromatic heterocycles. The molecule has 1 aliphatic rings. The predicted octanol–water partition coefficient (Wildman–Crippen LogP) is 3.49. The van der Waals surface area contributed by atoms with Crippen molar-refractivity contribution in [1.29, 1.82) is 0 Å². The molecule has 1 fully saturated rings. The number of para-hydroxylation sites is 1. The Labute approximate surface area is 127 Å². The first kappa shape index (κ1) is 17.0. The van der Waals surface area contributed by atoms with Crippen molar-refractivity contribution < 1.29 is 4.79 Å². The maximum Gasteiger partial charge on any atom is 0.241 e. The Kier molecular flexibility index (Phi) is 6.03. The minimum atomic E-state index is -0.0400. The second-order valence-electron chi connectivity index (χ2n) is 6.29. The number of benzene rings is 1. The van der Waals surface area contributed by atoms with Gasteiger partial charge in [0.05, 0.1) is 6.04 Å². The highest BCUT2D eigenvalue weighted by Gasteiger charge is 2.23. The fourth-order valence-electron chi connectivity index (χ4n) is 2.54. The number of carbonyl (C=O) groups excluding carboxylic acids is 1. The first-order chi connectivity index (χ1) is 8.98. The van der Waals surface area contributed by atoms with Crippen LogP contribution in [0.2, 0.25) is 0 Å². The van der Waals surface area contributed by atoms with Gasteiger partial charge in [-0.1, -0.05) is 45.4 Å². The van der Waals surface area contributed by atoms with Crippen LogP contribution in [0.3, 0.4) is 0 Å². The van der Waals surface area contributed by atoms with E-state index < -0.39 is 0 Å². The lowest BCUT2D eigenvalue weighted by molar-refractivity contribution is -0.118. The molecule has 112 valence electrons. The maximum atomic E-state index is 12.3. The van der Waals surface area contributed by atoms with E-state index in [4.69, 9.17) is 0 Å². The molecule has 3 nitrogen and oxygen atoms in total. The van der Waals surface area contributed by atoms with Crippen molar-refractivity contribution in [2.45, 2.75) is 51.5 Å². The largest absolute Gasteiger partial charge is 0.324 e. The smallest absolute Gasteiger partial charge is 0.241 e. The summed E-state index contributed by atoms with van der Waals surface area (Å²) in [4.78, 5) is 12.3. The van der Waals surface area contributed by atoms with Gasteiger partial charge >= 0.3 is 0 Å². The minimum Gasteiger partial charge on any atom is -0.324 e. The quantitative estimate of drug-likeness (QED) is 0.877. The van der Waals surface area contributed by atoms with Crippen molar-refractivity contribution in [2.24, 2.45) is 0 Å². The fraction of sp³-hybridized carbons (Fsp3) is 0.562. The van der Waals surface area contributed by atoms with Crippen LogP contribution in [-0.4, -0.2) is 18.5 Å². The van der Waals surface area contributed by atoms with Gasteiger partial charge in [-0.05, 0) is 36.4 Å². The molecule has 1 aromatic carbocycles. The van der Waals surface area contributed by atoms with E-state index in [0.717, 1.165) is 25.1 Å². The van der Waals surface area contributed by atoms with Crippen LogP contribution in [0.1, 0.15) is 45.6 Å². The number of hydrogen-bond donors (Lipinski definition) is 2. The molecule has 0 bridgehead atoms. The van der Waals surface area contributed by atoms with Crippen LogP contribution in [0, 0.1) is 0 Å². The molecule has 1 amide bonds. The molecular weight excluding hydrogens is 272 g/mol. The molecule has 0 radical (unpaired) electrons. The molecule has 2 N–H and O–H groups in total. The second kappa shape index (κ2) is 7.09.